The minimum Gasteiger partial charge on any atom is -0.481 e. The molecule has 7 nitrogen and oxygen atoms in total. The Kier molecular flexibility index (Phi) is 3.12. The third-order valence-electron chi connectivity index (χ3n) is 3.82. The van der Waals surface area contributed by atoms with E-state index in [0.717, 1.165) is 0 Å². The highest BCUT2D eigenvalue weighted by atomic mass is 19.1. The summed E-state index contributed by atoms with van der Waals surface area (Å²) in [6.45, 7) is 3.57. The van der Waals surface area contributed by atoms with Crippen LogP contribution in [0.3, 0.4) is 0 Å². The van der Waals surface area contributed by atoms with Gasteiger partial charge in [-0.25, -0.2) is 9.97 Å². The molecule has 4 aromatic heterocycles. The molecular formula is C16H13FN6O. The number of imidazole rings is 1. The van der Waals surface area contributed by atoms with Gasteiger partial charge in [0.2, 0.25) is 11.8 Å². The van der Waals surface area contributed by atoms with E-state index in [4.69, 9.17) is 4.74 Å². The number of fused-ring (bicyclic) bond motifs is 3. The fraction of sp³-hybridized carbons (Fsp3) is 0.188. The number of methoxy groups -OCH3 is 1. The van der Waals surface area contributed by atoms with E-state index in [1.54, 1.807) is 36.6 Å². The Morgan fingerprint density at radius 2 is 1.75 bits per heavy atom. The smallest absolute Gasteiger partial charge is 0.215 e. The molecule has 24 heavy (non-hydrogen) atoms. The third-order valence-corrected chi connectivity index (χ3v) is 3.82. The van der Waals surface area contributed by atoms with Crippen molar-refractivity contribution in [2.45, 2.75) is 13.8 Å². The van der Waals surface area contributed by atoms with Gasteiger partial charge in [0, 0.05) is 11.6 Å². The van der Waals surface area contributed by atoms with Gasteiger partial charge in [-0.15, -0.1) is 10.2 Å². The first kappa shape index (κ1) is 14.4. The van der Waals surface area contributed by atoms with Gasteiger partial charge in [0.05, 0.1) is 18.5 Å². The Morgan fingerprint density at radius 3 is 2.50 bits per heavy atom. The van der Waals surface area contributed by atoms with Crippen LogP contribution in [0, 0.1) is 19.8 Å². The summed E-state index contributed by atoms with van der Waals surface area (Å²) in [6, 6.07) is 6.46. The number of nitrogens with zero attached hydrogens (tertiary/aromatic N) is 6. The van der Waals surface area contributed by atoms with Crippen LogP contribution in [0.15, 0.2) is 24.3 Å². The van der Waals surface area contributed by atoms with Crippen molar-refractivity contribution in [2.75, 3.05) is 7.11 Å². The van der Waals surface area contributed by atoms with E-state index in [0.29, 0.717) is 45.5 Å². The Morgan fingerprint density at radius 1 is 0.917 bits per heavy atom. The summed E-state index contributed by atoms with van der Waals surface area (Å²) in [4.78, 5) is 12.9. The normalized spacial score (nSPS) is 11.3. The molecule has 0 radical (unpaired) electrons. The van der Waals surface area contributed by atoms with Crippen LogP contribution in [-0.2, 0) is 0 Å². The molecule has 120 valence electrons. The van der Waals surface area contributed by atoms with Crippen molar-refractivity contribution >= 4 is 16.8 Å². The first-order valence-corrected chi connectivity index (χ1v) is 7.28. The predicted octanol–water partition coefficient (Wildman–Crippen LogP) is 2.50. The molecule has 0 N–H and O–H groups in total. The molecule has 0 aliphatic carbocycles. The molecule has 0 aliphatic rings. The second-order valence-corrected chi connectivity index (χ2v) is 5.34. The summed E-state index contributed by atoms with van der Waals surface area (Å²) in [5, 5.41) is 8.42. The summed E-state index contributed by atoms with van der Waals surface area (Å²) in [6.07, 6.45) is 0. The number of ether oxygens (including phenoxy) is 1. The van der Waals surface area contributed by atoms with Crippen LogP contribution in [-0.4, -0.2) is 36.7 Å². The van der Waals surface area contributed by atoms with Gasteiger partial charge in [-0.05, 0) is 32.0 Å². The SMILES string of the molecule is COc1ccc2nnc3c(C)nc(-c4ccc(F)nc4C)n3c2n1. The number of aryl methyl sites for hydroxylation is 2. The van der Waals surface area contributed by atoms with Gasteiger partial charge in [0.25, 0.3) is 0 Å². The first-order valence-electron chi connectivity index (χ1n) is 7.28. The molecule has 4 rings (SSSR count). The fourth-order valence-electron chi connectivity index (χ4n) is 2.67. The molecular weight excluding hydrogens is 311 g/mol. The summed E-state index contributed by atoms with van der Waals surface area (Å²) < 4.78 is 20.3. The Balaban J connectivity index is 2.14. The zero-order valence-corrected chi connectivity index (χ0v) is 13.3. The van der Waals surface area contributed by atoms with E-state index in [-0.39, 0.29) is 0 Å². The van der Waals surface area contributed by atoms with Gasteiger partial charge in [-0.1, -0.05) is 0 Å². The number of hydrogen-bond donors (Lipinski definition) is 0. The Hall–Kier alpha value is -3.16. The van der Waals surface area contributed by atoms with Crippen molar-refractivity contribution in [1.82, 2.24) is 29.5 Å². The largest absolute Gasteiger partial charge is 0.481 e. The maximum Gasteiger partial charge on any atom is 0.215 e. The number of halogens is 1. The van der Waals surface area contributed by atoms with Crippen molar-refractivity contribution in [2.24, 2.45) is 0 Å². The third kappa shape index (κ3) is 2.07. The van der Waals surface area contributed by atoms with Gasteiger partial charge >= 0.3 is 0 Å². The molecule has 4 aromatic rings. The van der Waals surface area contributed by atoms with Crippen molar-refractivity contribution in [1.29, 1.82) is 0 Å². The standard InChI is InChI=1S/C16H13FN6O/c1-8-10(4-6-12(17)18-8)15-19-9(2)14-22-21-11-5-7-13(24-3)20-16(11)23(14)15/h4-7H,1-3H3. The van der Waals surface area contributed by atoms with Crippen molar-refractivity contribution < 1.29 is 9.13 Å². The molecule has 0 amide bonds. The van der Waals surface area contributed by atoms with Crippen molar-refractivity contribution in [3.63, 3.8) is 0 Å². The fourth-order valence-corrected chi connectivity index (χ4v) is 2.67. The lowest BCUT2D eigenvalue weighted by molar-refractivity contribution is 0.399. The highest BCUT2D eigenvalue weighted by Crippen LogP contribution is 2.27. The Labute approximate surface area is 136 Å². The topological polar surface area (TPSA) is 78.1 Å². The first-order chi connectivity index (χ1) is 11.6. The minimum atomic E-state index is -0.529. The highest BCUT2D eigenvalue weighted by molar-refractivity contribution is 5.78. The van der Waals surface area contributed by atoms with Gasteiger partial charge in [-0.2, -0.15) is 9.37 Å². The monoisotopic (exact) mass is 324 g/mol. The summed E-state index contributed by atoms with van der Waals surface area (Å²) in [5.74, 6) is 0.523. The van der Waals surface area contributed by atoms with Crippen LogP contribution in [0.1, 0.15) is 11.4 Å². The van der Waals surface area contributed by atoms with Gasteiger partial charge in [0.15, 0.2) is 11.3 Å². The average Bonchev–Trinajstić information content (AvgIpc) is 2.91. The van der Waals surface area contributed by atoms with Crippen LogP contribution in [0.4, 0.5) is 4.39 Å². The lowest BCUT2D eigenvalue weighted by atomic mass is 10.2. The van der Waals surface area contributed by atoms with Crippen molar-refractivity contribution in [3.05, 3.63) is 41.6 Å². The van der Waals surface area contributed by atoms with Crippen LogP contribution in [0.25, 0.3) is 28.2 Å². The quantitative estimate of drug-likeness (QED) is 0.527. The lowest BCUT2D eigenvalue weighted by Crippen LogP contribution is -2.02. The van der Waals surface area contributed by atoms with Crippen LogP contribution < -0.4 is 4.74 Å². The molecule has 0 atom stereocenters. The van der Waals surface area contributed by atoms with E-state index in [1.807, 2.05) is 6.92 Å². The maximum atomic E-state index is 13.3. The number of pyridine rings is 2. The molecule has 0 saturated heterocycles. The highest BCUT2D eigenvalue weighted by Gasteiger charge is 2.18. The van der Waals surface area contributed by atoms with Gasteiger partial charge < -0.3 is 4.74 Å². The lowest BCUT2D eigenvalue weighted by Gasteiger charge is -2.07. The summed E-state index contributed by atoms with van der Waals surface area (Å²) >= 11 is 0. The molecule has 0 aliphatic heterocycles. The van der Waals surface area contributed by atoms with Crippen LogP contribution in [0.5, 0.6) is 5.88 Å². The molecule has 0 aromatic carbocycles. The second-order valence-electron chi connectivity index (χ2n) is 5.34. The summed E-state index contributed by atoms with van der Waals surface area (Å²) in [5.41, 5.74) is 3.70. The van der Waals surface area contributed by atoms with E-state index in [2.05, 4.69) is 25.1 Å². The zero-order valence-electron chi connectivity index (χ0n) is 13.3. The van der Waals surface area contributed by atoms with E-state index in [9.17, 15) is 4.39 Å². The van der Waals surface area contributed by atoms with Gasteiger partial charge in [-0.3, -0.25) is 4.40 Å². The molecule has 0 fully saturated rings. The number of rotatable bonds is 2. The molecule has 4 heterocycles. The average molecular weight is 324 g/mol. The summed E-state index contributed by atoms with van der Waals surface area (Å²) in [7, 11) is 1.55. The Bertz CT molecular complexity index is 1090. The minimum absolute atomic E-state index is 0.461. The molecule has 0 unspecified atom stereocenters. The van der Waals surface area contributed by atoms with Crippen LogP contribution >= 0.6 is 0 Å². The maximum absolute atomic E-state index is 13.3. The molecule has 0 saturated carbocycles. The molecule has 0 bridgehead atoms. The van der Waals surface area contributed by atoms with E-state index in [1.165, 1.54) is 6.07 Å². The zero-order chi connectivity index (χ0) is 16.8. The van der Waals surface area contributed by atoms with Crippen molar-refractivity contribution in [3.8, 4) is 17.3 Å². The van der Waals surface area contributed by atoms with E-state index >= 15 is 0 Å². The van der Waals surface area contributed by atoms with Crippen LogP contribution in [0.2, 0.25) is 0 Å². The predicted molar refractivity (Wildman–Crippen MR) is 85.3 cm³/mol. The van der Waals surface area contributed by atoms with Gasteiger partial charge in [0.1, 0.15) is 11.3 Å². The second kappa shape index (κ2) is 5.19. The van der Waals surface area contributed by atoms with E-state index < -0.39 is 5.95 Å². The molecule has 0 spiro atoms. The number of aromatic nitrogens is 6. The number of hydrogen-bond acceptors (Lipinski definition) is 6. The molecule has 8 heteroatoms.